The molecule has 2 saturated heterocycles. The van der Waals surface area contributed by atoms with E-state index in [-0.39, 0.29) is 6.10 Å². The second-order valence-electron chi connectivity index (χ2n) is 5.36. The van der Waals surface area contributed by atoms with Gasteiger partial charge in [0.15, 0.2) is 0 Å². The van der Waals surface area contributed by atoms with Gasteiger partial charge < -0.3 is 14.3 Å². The Kier molecular flexibility index (Phi) is 3.67. The van der Waals surface area contributed by atoms with Crippen molar-refractivity contribution in [3.05, 3.63) is 30.3 Å². The van der Waals surface area contributed by atoms with Gasteiger partial charge in [-0.25, -0.2) is 0 Å². The predicted molar refractivity (Wildman–Crippen MR) is 73.9 cm³/mol. The summed E-state index contributed by atoms with van der Waals surface area (Å²) >= 11 is 0. The number of piperidine rings is 1. The van der Waals surface area contributed by atoms with Gasteiger partial charge in [0.1, 0.15) is 0 Å². The smallest absolute Gasteiger partial charge is 0.202 e. The summed E-state index contributed by atoms with van der Waals surface area (Å²) in [6.45, 7) is 0. The largest absolute Gasteiger partial charge is 0.346 e. The minimum atomic E-state index is -1.44. The summed E-state index contributed by atoms with van der Waals surface area (Å²) < 4.78 is 5.90. The highest BCUT2D eigenvalue weighted by Gasteiger charge is 2.39. The third-order valence-corrected chi connectivity index (χ3v) is 5.52. The molecule has 2 aliphatic rings. The Bertz CT molecular complexity index is 386. The minimum absolute atomic E-state index is 0.231. The summed E-state index contributed by atoms with van der Waals surface area (Å²) in [5.41, 5.74) is 0. The van der Waals surface area contributed by atoms with Crippen molar-refractivity contribution in [3.63, 3.8) is 0 Å². The van der Waals surface area contributed by atoms with Gasteiger partial charge in [0.05, 0.1) is 6.10 Å². The zero-order chi connectivity index (χ0) is 12.5. The van der Waals surface area contributed by atoms with Crippen LogP contribution in [0.4, 0.5) is 0 Å². The fourth-order valence-electron chi connectivity index (χ4n) is 3.21. The molecule has 2 bridgehead atoms. The highest BCUT2D eigenvalue weighted by atomic mass is 31.2. The maximum Gasteiger partial charge on any atom is 0.202 e. The first-order valence-electron chi connectivity index (χ1n) is 6.67. The standard InChI is InChI=1S/C14H20NO2P/c1-15-11-7-8-12(15)10-13(9-11)17-18(16)14-5-3-2-4-6-14/h2-6,11-13,16H,7-10H2,1H3/t11-,12+,13?,18-/m1/s1. The van der Waals surface area contributed by atoms with Crippen LogP contribution in [0.1, 0.15) is 25.7 Å². The first-order valence-corrected chi connectivity index (χ1v) is 7.88. The van der Waals surface area contributed by atoms with Crippen LogP contribution in [-0.4, -0.2) is 35.0 Å². The van der Waals surface area contributed by atoms with Gasteiger partial charge in [0.25, 0.3) is 0 Å². The van der Waals surface area contributed by atoms with Crippen molar-refractivity contribution >= 4 is 13.7 Å². The fourth-order valence-corrected chi connectivity index (χ4v) is 4.21. The van der Waals surface area contributed by atoms with E-state index >= 15 is 0 Å². The monoisotopic (exact) mass is 265 g/mol. The second-order valence-corrected chi connectivity index (χ2v) is 6.63. The van der Waals surface area contributed by atoms with Gasteiger partial charge >= 0.3 is 0 Å². The number of fused-ring (bicyclic) bond motifs is 2. The Morgan fingerprint density at radius 1 is 1.17 bits per heavy atom. The van der Waals surface area contributed by atoms with Crippen molar-refractivity contribution in [1.29, 1.82) is 0 Å². The molecular formula is C14H20NO2P. The van der Waals surface area contributed by atoms with Crippen molar-refractivity contribution < 1.29 is 9.42 Å². The zero-order valence-electron chi connectivity index (χ0n) is 10.7. The molecule has 2 heterocycles. The first kappa shape index (κ1) is 12.6. The number of benzene rings is 1. The summed E-state index contributed by atoms with van der Waals surface area (Å²) in [4.78, 5) is 12.6. The molecule has 0 aliphatic carbocycles. The van der Waals surface area contributed by atoms with E-state index in [0.717, 1.165) is 18.1 Å². The molecule has 2 fully saturated rings. The normalized spacial score (nSPS) is 33.6. The lowest BCUT2D eigenvalue weighted by Gasteiger charge is -2.36. The molecule has 3 nitrogen and oxygen atoms in total. The van der Waals surface area contributed by atoms with E-state index in [1.54, 1.807) is 0 Å². The van der Waals surface area contributed by atoms with Gasteiger partial charge in [-0.1, -0.05) is 18.2 Å². The maximum atomic E-state index is 10.2. The molecule has 0 saturated carbocycles. The quantitative estimate of drug-likeness (QED) is 0.851. The fraction of sp³-hybridized carbons (Fsp3) is 0.571. The Morgan fingerprint density at radius 3 is 2.39 bits per heavy atom. The molecule has 1 unspecified atom stereocenters. The lowest BCUT2D eigenvalue weighted by molar-refractivity contribution is 0.0688. The van der Waals surface area contributed by atoms with E-state index < -0.39 is 8.38 Å². The zero-order valence-corrected chi connectivity index (χ0v) is 11.6. The van der Waals surface area contributed by atoms with E-state index in [1.807, 2.05) is 30.3 Å². The van der Waals surface area contributed by atoms with Crippen LogP contribution in [0.5, 0.6) is 0 Å². The van der Waals surface area contributed by atoms with Crippen molar-refractivity contribution in [1.82, 2.24) is 4.90 Å². The molecule has 4 heteroatoms. The maximum absolute atomic E-state index is 10.2. The predicted octanol–water partition coefficient (Wildman–Crippen LogP) is 2.26. The Labute approximate surface area is 110 Å². The van der Waals surface area contributed by atoms with Crippen LogP contribution in [0.25, 0.3) is 0 Å². The molecule has 0 radical (unpaired) electrons. The van der Waals surface area contributed by atoms with E-state index in [2.05, 4.69) is 11.9 Å². The molecule has 4 atom stereocenters. The van der Waals surface area contributed by atoms with Gasteiger partial charge in [-0.15, -0.1) is 0 Å². The minimum Gasteiger partial charge on any atom is -0.346 e. The van der Waals surface area contributed by atoms with Crippen LogP contribution in [0.3, 0.4) is 0 Å². The van der Waals surface area contributed by atoms with Crippen molar-refractivity contribution in [3.8, 4) is 0 Å². The van der Waals surface area contributed by atoms with E-state index in [1.165, 1.54) is 12.8 Å². The highest BCUT2D eigenvalue weighted by Crippen LogP contribution is 2.41. The number of hydrogen-bond donors (Lipinski definition) is 1. The summed E-state index contributed by atoms with van der Waals surface area (Å²) in [5, 5.41) is 0.916. The van der Waals surface area contributed by atoms with Crippen LogP contribution in [0.15, 0.2) is 30.3 Å². The molecule has 0 amide bonds. The molecule has 3 rings (SSSR count). The average molecular weight is 265 g/mol. The second kappa shape index (κ2) is 5.26. The van der Waals surface area contributed by atoms with Gasteiger partial charge in [-0.3, -0.25) is 0 Å². The Hall–Kier alpha value is -0.470. The first-order chi connectivity index (χ1) is 8.74. The molecule has 0 aromatic heterocycles. The summed E-state index contributed by atoms with van der Waals surface area (Å²) in [6.07, 6.45) is 4.94. The van der Waals surface area contributed by atoms with E-state index in [9.17, 15) is 4.89 Å². The molecule has 98 valence electrons. The van der Waals surface area contributed by atoms with Crippen LogP contribution < -0.4 is 5.30 Å². The van der Waals surface area contributed by atoms with Gasteiger partial charge in [0.2, 0.25) is 8.38 Å². The third kappa shape index (κ3) is 2.46. The molecule has 1 aromatic carbocycles. The SMILES string of the molecule is CN1[C@@H]2CC[C@H]1CC(O[P@@](O)c1ccccc1)C2. The Balaban J connectivity index is 1.61. The van der Waals surface area contributed by atoms with Crippen molar-refractivity contribution in [2.45, 2.75) is 43.9 Å². The number of hydrogen-bond acceptors (Lipinski definition) is 3. The summed E-state index contributed by atoms with van der Waals surface area (Å²) in [5.74, 6) is 0. The van der Waals surface area contributed by atoms with Crippen LogP contribution in [0.2, 0.25) is 0 Å². The summed E-state index contributed by atoms with van der Waals surface area (Å²) in [7, 11) is 0.778. The highest BCUT2D eigenvalue weighted by molar-refractivity contribution is 7.55. The number of rotatable bonds is 3. The van der Waals surface area contributed by atoms with E-state index in [4.69, 9.17) is 4.52 Å². The topological polar surface area (TPSA) is 32.7 Å². The lowest BCUT2D eigenvalue weighted by atomic mass is 10.0. The van der Waals surface area contributed by atoms with Gasteiger partial charge in [0, 0.05) is 17.4 Å². The van der Waals surface area contributed by atoms with Gasteiger partial charge in [-0.2, -0.15) is 0 Å². The third-order valence-electron chi connectivity index (χ3n) is 4.28. The summed E-state index contributed by atoms with van der Waals surface area (Å²) in [6, 6.07) is 11.1. The molecule has 1 N–H and O–H groups in total. The molecule has 0 spiro atoms. The number of nitrogens with zero attached hydrogens (tertiary/aromatic N) is 1. The molecule has 18 heavy (non-hydrogen) atoms. The molecular weight excluding hydrogens is 245 g/mol. The average Bonchev–Trinajstić information content (AvgIpc) is 2.63. The van der Waals surface area contributed by atoms with Crippen LogP contribution >= 0.6 is 8.38 Å². The van der Waals surface area contributed by atoms with Crippen LogP contribution in [0, 0.1) is 0 Å². The molecule has 1 aromatic rings. The van der Waals surface area contributed by atoms with Crippen molar-refractivity contribution in [2.75, 3.05) is 7.05 Å². The van der Waals surface area contributed by atoms with Crippen molar-refractivity contribution in [2.24, 2.45) is 0 Å². The van der Waals surface area contributed by atoms with Gasteiger partial charge in [-0.05, 0) is 44.9 Å². The molecule has 2 aliphatic heterocycles. The Morgan fingerprint density at radius 2 is 1.78 bits per heavy atom. The lowest BCUT2D eigenvalue weighted by Crippen LogP contribution is -2.42. The van der Waals surface area contributed by atoms with Crippen LogP contribution in [-0.2, 0) is 4.52 Å². The van der Waals surface area contributed by atoms with E-state index in [0.29, 0.717) is 12.1 Å².